The van der Waals surface area contributed by atoms with Gasteiger partial charge in [0.1, 0.15) is 0 Å². The van der Waals surface area contributed by atoms with Crippen molar-refractivity contribution in [3.63, 3.8) is 0 Å². The van der Waals surface area contributed by atoms with E-state index in [1.807, 2.05) is 45.1 Å². The van der Waals surface area contributed by atoms with E-state index in [1.165, 1.54) is 107 Å². The number of para-hydroxylation sites is 6. The highest BCUT2D eigenvalue weighted by molar-refractivity contribution is 7.27. The summed E-state index contributed by atoms with van der Waals surface area (Å²) >= 11 is 1.93. The molecule has 0 N–H and O–H groups in total. The molecule has 0 atom stereocenters. The lowest BCUT2D eigenvalue weighted by Gasteiger charge is -2.13. The summed E-state index contributed by atoms with van der Waals surface area (Å²) in [5.74, 6) is 0. The Morgan fingerprint density at radius 2 is 0.814 bits per heavy atom. The Morgan fingerprint density at radius 1 is 0.386 bits per heavy atom. The van der Waals surface area contributed by atoms with Crippen LogP contribution < -0.4 is 0 Å². The van der Waals surface area contributed by atoms with E-state index in [0.29, 0.717) is 0 Å². The van der Waals surface area contributed by atoms with Gasteiger partial charge in [-0.15, -0.1) is 11.3 Å². The van der Waals surface area contributed by atoms with Crippen molar-refractivity contribution in [3.05, 3.63) is 219 Å². The van der Waals surface area contributed by atoms with Crippen LogP contribution in [0.5, 0.6) is 0 Å². The summed E-state index contributed by atoms with van der Waals surface area (Å²) in [6.45, 7) is 14.4. The van der Waals surface area contributed by atoms with E-state index in [9.17, 15) is 0 Å². The van der Waals surface area contributed by atoms with Crippen LogP contribution in [-0.2, 0) is 0 Å². The van der Waals surface area contributed by atoms with Crippen LogP contribution in [-0.4, -0.2) is 18.3 Å². The number of benzene rings is 9. The van der Waals surface area contributed by atoms with E-state index in [4.69, 9.17) is 0 Å². The largest absolute Gasteiger partial charge is 0.313 e. The molecule has 0 fully saturated rings. The summed E-state index contributed by atoms with van der Waals surface area (Å²) in [7, 11) is 0. The Hall–Kier alpha value is -8.38. The van der Waals surface area contributed by atoms with Crippen LogP contribution in [0.4, 0.5) is 0 Å². The lowest BCUT2D eigenvalue weighted by molar-refractivity contribution is 1.17. The highest BCUT2D eigenvalue weighted by Crippen LogP contribution is 2.48. The minimum atomic E-state index is 1.06. The van der Waals surface area contributed by atoms with Gasteiger partial charge in [-0.05, 0) is 91.9 Å². The minimum Gasteiger partial charge on any atom is -0.313 e. The lowest BCUT2D eigenvalue weighted by atomic mass is 10.1. The maximum absolute atomic E-state index is 4.21. The summed E-state index contributed by atoms with van der Waals surface area (Å²) in [5, 5.41) is 12.6. The molecule has 0 saturated carbocycles. The number of hydrogen-bond acceptors (Lipinski definition) is 1. The van der Waals surface area contributed by atoms with Gasteiger partial charge >= 0.3 is 0 Å². The van der Waals surface area contributed by atoms with Gasteiger partial charge in [-0.1, -0.05) is 162 Å². The van der Waals surface area contributed by atoms with Crippen LogP contribution in [0, 0.1) is 0 Å². The highest BCUT2D eigenvalue weighted by Gasteiger charge is 2.23. The third-order valence-corrected chi connectivity index (χ3v) is 15.1. The standard InChI is InChI=1S/C61H40N4S.2C2H6/c1-3-17-40(36-38(2)62-50-25-12-7-20-42(50)43-21-8-13-26-51(43)62)64-53-28-15-10-23-47(53)58-56(64)34-31-45-46-32-35-57-59(61(46)66-60(45)58)48-24-11-16-29-54(48)65(57)41-30-33-55-49(37-41)44-22-9-14-27-52(44)63(55)39-18-5-4-6-19-39;2*1-2/h3-37H,1H2,2H3;2*1-2H3/b38-36+,40-17+;;. The van der Waals surface area contributed by atoms with Crippen molar-refractivity contribution in [1.29, 1.82) is 0 Å². The van der Waals surface area contributed by atoms with Gasteiger partial charge in [-0.25, -0.2) is 0 Å². The molecule has 0 aliphatic carbocycles. The number of aromatic nitrogens is 4. The van der Waals surface area contributed by atoms with E-state index >= 15 is 0 Å². The van der Waals surface area contributed by atoms with Gasteiger partial charge in [-0.3, -0.25) is 0 Å². The van der Waals surface area contributed by atoms with E-state index < -0.39 is 0 Å². The smallest absolute Gasteiger partial charge is 0.0555 e. The number of nitrogens with zero attached hydrogens (tertiary/aromatic N) is 4. The molecular formula is C65H52N4S. The van der Waals surface area contributed by atoms with Crippen LogP contribution in [0.25, 0.3) is 130 Å². The van der Waals surface area contributed by atoms with Gasteiger partial charge < -0.3 is 18.3 Å². The second kappa shape index (κ2) is 17.3. The van der Waals surface area contributed by atoms with Crippen molar-refractivity contribution >= 4 is 130 Å². The summed E-state index contributed by atoms with van der Waals surface area (Å²) < 4.78 is 12.3. The van der Waals surface area contributed by atoms with Gasteiger partial charge in [0.2, 0.25) is 0 Å². The quantitative estimate of drug-likeness (QED) is 0.148. The number of fused-ring (bicyclic) bond motifs is 17. The molecule has 0 bridgehead atoms. The average molecular weight is 921 g/mol. The van der Waals surface area contributed by atoms with Gasteiger partial charge in [0.25, 0.3) is 0 Å². The normalized spacial score (nSPS) is 12.3. The molecule has 14 rings (SSSR count). The van der Waals surface area contributed by atoms with E-state index in [-0.39, 0.29) is 0 Å². The maximum atomic E-state index is 4.21. The van der Waals surface area contributed by atoms with Crippen molar-refractivity contribution in [1.82, 2.24) is 18.3 Å². The number of rotatable bonds is 6. The fourth-order valence-corrected chi connectivity index (χ4v) is 12.6. The van der Waals surface area contributed by atoms with E-state index in [2.05, 4.69) is 238 Å². The molecule has 14 aromatic rings. The fourth-order valence-electron chi connectivity index (χ4n) is 11.2. The van der Waals surface area contributed by atoms with Crippen LogP contribution in [0.1, 0.15) is 34.6 Å². The van der Waals surface area contributed by atoms with Gasteiger partial charge in [0.15, 0.2) is 0 Å². The Morgan fingerprint density at radius 3 is 1.41 bits per heavy atom. The zero-order valence-electron chi connectivity index (χ0n) is 40.1. The predicted molar refractivity (Wildman–Crippen MR) is 308 cm³/mol. The first-order valence-corrected chi connectivity index (χ1v) is 25.4. The molecule has 5 aromatic heterocycles. The number of hydrogen-bond donors (Lipinski definition) is 0. The molecule has 338 valence electrons. The van der Waals surface area contributed by atoms with Gasteiger partial charge in [0.05, 0.1) is 44.1 Å². The average Bonchev–Trinajstić information content (AvgIpc) is 4.22. The third kappa shape index (κ3) is 6.28. The molecule has 0 amide bonds. The van der Waals surface area contributed by atoms with Crippen LogP contribution in [0.3, 0.4) is 0 Å². The van der Waals surface area contributed by atoms with Crippen molar-refractivity contribution < 1.29 is 0 Å². The van der Waals surface area contributed by atoms with Crippen LogP contribution in [0.2, 0.25) is 0 Å². The molecule has 0 radical (unpaired) electrons. The second-order valence-electron chi connectivity index (χ2n) is 17.4. The molecule has 9 aromatic carbocycles. The summed E-state index contributed by atoms with van der Waals surface area (Å²) in [5.41, 5.74) is 14.1. The minimum absolute atomic E-state index is 1.06. The third-order valence-electron chi connectivity index (χ3n) is 13.8. The van der Waals surface area contributed by atoms with Crippen molar-refractivity contribution in [2.24, 2.45) is 0 Å². The summed E-state index contributed by atoms with van der Waals surface area (Å²) in [6.07, 6.45) is 6.37. The number of allylic oxidation sites excluding steroid dienone is 5. The van der Waals surface area contributed by atoms with Crippen LogP contribution in [0.15, 0.2) is 219 Å². The molecule has 5 heteroatoms. The maximum Gasteiger partial charge on any atom is 0.0555 e. The van der Waals surface area contributed by atoms with E-state index in [0.717, 1.165) is 22.8 Å². The number of thiophene rings is 1. The molecule has 0 aliphatic heterocycles. The van der Waals surface area contributed by atoms with E-state index in [1.54, 1.807) is 0 Å². The highest BCUT2D eigenvalue weighted by atomic mass is 32.1. The Balaban J connectivity index is 0.00000123. The molecule has 0 aliphatic rings. The van der Waals surface area contributed by atoms with Gasteiger partial charge in [0, 0.05) is 86.0 Å². The van der Waals surface area contributed by atoms with Crippen LogP contribution >= 0.6 is 11.3 Å². The molecule has 0 unspecified atom stereocenters. The Kier molecular flexibility index (Phi) is 10.6. The monoisotopic (exact) mass is 920 g/mol. The summed E-state index contributed by atoms with van der Waals surface area (Å²) in [6, 6.07) is 71.1. The molecular weight excluding hydrogens is 869 g/mol. The van der Waals surface area contributed by atoms with Crippen molar-refractivity contribution in [2.75, 3.05) is 0 Å². The molecule has 4 nitrogen and oxygen atoms in total. The SMILES string of the molecule is C=C/C=C(\C=C(/C)n1c2ccccc2c2ccccc21)n1c2ccccc2c2c3sc4c(ccc5c4c4ccccc4n5-c4ccc5c(c4)c4ccccc4n5-c4ccccc4)c3ccc21.CC.CC. The molecule has 70 heavy (non-hydrogen) atoms. The second-order valence-corrected chi connectivity index (χ2v) is 18.4. The fraction of sp³-hybridized carbons (Fsp3) is 0.0769. The van der Waals surface area contributed by atoms with Crippen molar-refractivity contribution in [3.8, 4) is 11.4 Å². The Labute approximate surface area is 411 Å². The molecule has 0 saturated heterocycles. The Bertz CT molecular complexity index is 4370. The molecule has 0 spiro atoms. The zero-order chi connectivity index (χ0) is 47.6. The lowest BCUT2D eigenvalue weighted by Crippen LogP contribution is -1.98. The summed E-state index contributed by atoms with van der Waals surface area (Å²) in [4.78, 5) is 0. The first kappa shape index (κ1) is 42.9. The first-order valence-electron chi connectivity index (χ1n) is 24.6. The first-order chi connectivity index (χ1) is 34.7. The topological polar surface area (TPSA) is 19.7 Å². The molecule has 5 heterocycles. The predicted octanol–water partition coefficient (Wildman–Crippen LogP) is 19.1. The zero-order valence-corrected chi connectivity index (χ0v) is 40.9. The van der Waals surface area contributed by atoms with Gasteiger partial charge in [-0.2, -0.15) is 0 Å². The van der Waals surface area contributed by atoms with Crippen molar-refractivity contribution in [2.45, 2.75) is 34.6 Å².